The molecule has 4 heterocycles. The van der Waals surface area contributed by atoms with Crippen molar-refractivity contribution >= 4 is 27.7 Å². The zero-order chi connectivity index (χ0) is 26.0. The molecule has 1 spiro atoms. The number of carbonyl (C=O) groups excluding carboxylic acids is 2. The Hall–Kier alpha value is -3.44. The van der Waals surface area contributed by atoms with E-state index in [1.54, 1.807) is 68.6 Å². The van der Waals surface area contributed by atoms with Crippen molar-refractivity contribution < 1.29 is 22.7 Å². The Balaban J connectivity index is 1.18. The lowest BCUT2D eigenvalue weighted by molar-refractivity contribution is 0.0374. The lowest BCUT2D eigenvalue weighted by atomic mass is 9.73. The molecule has 2 amide bonds. The number of ether oxygens (including phenoxy) is 1. The SMILES string of the molecule is COC(=O)N1CCCC2(CCN(S(=O)(=O)c3ccc(CNC(=O)c4ccc5nccn5c4)cc3)CC2)C1. The number of likely N-dealkylation sites (tertiary alicyclic amines) is 1. The molecule has 37 heavy (non-hydrogen) atoms. The Morgan fingerprint density at radius 1 is 1.05 bits per heavy atom. The van der Waals surface area contributed by atoms with Gasteiger partial charge in [0.15, 0.2) is 0 Å². The number of aromatic nitrogens is 2. The van der Waals surface area contributed by atoms with E-state index in [1.165, 1.54) is 7.11 Å². The zero-order valence-corrected chi connectivity index (χ0v) is 21.6. The maximum absolute atomic E-state index is 13.3. The highest BCUT2D eigenvalue weighted by molar-refractivity contribution is 7.89. The highest BCUT2D eigenvalue weighted by atomic mass is 32.2. The number of hydrogen-bond acceptors (Lipinski definition) is 6. The number of nitrogens with zero attached hydrogens (tertiary/aromatic N) is 4. The molecule has 2 aromatic heterocycles. The number of sulfonamides is 1. The summed E-state index contributed by atoms with van der Waals surface area (Å²) in [6.07, 6.45) is 8.18. The first-order valence-electron chi connectivity index (χ1n) is 12.4. The first-order valence-corrected chi connectivity index (χ1v) is 13.9. The van der Waals surface area contributed by atoms with Gasteiger partial charge in [-0.15, -0.1) is 0 Å². The van der Waals surface area contributed by atoms with Gasteiger partial charge < -0.3 is 19.4 Å². The standard InChI is InChI=1S/C26H31N5O5S/c1-36-25(33)30-13-2-9-26(19-30)10-14-31(15-11-26)37(34,35)22-6-3-20(4-7-22)17-28-24(32)21-5-8-23-27-12-16-29(23)18-21/h3-8,12,16,18H,2,9-11,13-15,17,19H2,1H3,(H,28,32). The van der Waals surface area contributed by atoms with Crippen LogP contribution in [0.15, 0.2) is 59.9 Å². The average molecular weight is 526 g/mol. The Morgan fingerprint density at radius 2 is 1.81 bits per heavy atom. The van der Waals surface area contributed by atoms with Crippen LogP contribution in [0.5, 0.6) is 0 Å². The largest absolute Gasteiger partial charge is 0.453 e. The number of rotatable bonds is 5. The van der Waals surface area contributed by atoms with Gasteiger partial charge in [0.1, 0.15) is 5.65 Å². The Labute approximate surface area is 216 Å². The van der Waals surface area contributed by atoms with E-state index in [4.69, 9.17) is 4.74 Å². The third-order valence-electron chi connectivity index (χ3n) is 7.54. The Kier molecular flexibility index (Phi) is 6.91. The van der Waals surface area contributed by atoms with Crippen molar-refractivity contribution in [3.8, 4) is 0 Å². The molecule has 3 aromatic rings. The Morgan fingerprint density at radius 3 is 2.54 bits per heavy atom. The fourth-order valence-electron chi connectivity index (χ4n) is 5.37. The van der Waals surface area contributed by atoms with Crippen LogP contribution in [0.4, 0.5) is 4.79 Å². The number of benzene rings is 1. The minimum atomic E-state index is -3.63. The summed E-state index contributed by atoms with van der Waals surface area (Å²) < 4.78 is 34.8. The lowest BCUT2D eigenvalue weighted by Crippen LogP contribution is -2.51. The molecule has 0 atom stereocenters. The second-order valence-electron chi connectivity index (χ2n) is 9.84. The van der Waals surface area contributed by atoms with Gasteiger partial charge in [-0.2, -0.15) is 4.31 Å². The lowest BCUT2D eigenvalue weighted by Gasteiger charge is -2.46. The molecule has 0 radical (unpaired) electrons. The van der Waals surface area contributed by atoms with Crippen LogP contribution in [0.3, 0.4) is 0 Å². The molecule has 11 heteroatoms. The first-order chi connectivity index (χ1) is 17.8. The van der Waals surface area contributed by atoms with Crippen LogP contribution in [0.2, 0.25) is 0 Å². The van der Waals surface area contributed by atoms with E-state index in [2.05, 4.69) is 10.3 Å². The molecule has 1 N–H and O–H groups in total. The monoisotopic (exact) mass is 525 g/mol. The van der Waals surface area contributed by atoms with E-state index in [0.717, 1.165) is 24.1 Å². The second kappa shape index (κ2) is 10.1. The summed E-state index contributed by atoms with van der Waals surface area (Å²) in [7, 11) is -2.24. The summed E-state index contributed by atoms with van der Waals surface area (Å²) in [4.78, 5) is 30.7. The molecular formula is C26H31N5O5S. The number of pyridine rings is 1. The van der Waals surface area contributed by atoms with Crippen LogP contribution in [-0.4, -0.2) is 72.3 Å². The van der Waals surface area contributed by atoms with Gasteiger partial charge in [-0.05, 0) is 60.9 Å². The van der Waals surface area contributed by atoms with Crippen molar-refractivity contribution in [1.82, 2.24) is 23.9 Å². The van der Waals surface area contributed by atoms with Gasteiger partial charge in [0.05, 0.1) is 17.6 Å². The van der Waals surface area contributed by atoms with Crippen LogP contribution in [0.1, 0.15) is 41.6 Å². The first kappa shape index (κ1) is 25.2. The van der Waals surface area contributed by atoms with Crippen LogP contribution < -0.4 is 5.32 Å². The molecule has 5 rings (SSSR count). The maximum atomic E-state index is 13.3. The van der Waals surface area contributed by atoms with Gasteiger partial charge >= 0.3 is 6.09 Å². The number of piperidine rings is 2. The van der Waals surface area contributed by atoms with Gasteiger partial charge in [-0.25, -0.2) is 18.2 Å². The number of fused-ring (bicyclic) bond motifs is 1. The summed E-state index contributed by atoms with van der Waals surface area (Å²) in [6, 6.07) is 10.1. The molecule has 1 aromatic carbocycles. The van der Waals surface area contributed by atoms with E-state index in [1.807, 2.05) is 0 Å². The molecule has 0 bridgehead atoms. The topological polar surface area (TPSA) is 113 Å². The number of amides is 2. The smallest absolute Gasteiger partial charge is 0.409 e. The molecule has 2 aliphatic heterocycles. The predicted octanol–water partition coefficient (Wildman–Crippen LogP) is 2.90. The van der Waals surface area contributed by atoms with E-state index >= 15 is 0 Å². The number of nitrogens with one attached hydrogen (secondary N) is 1. The summed E-state index contributed by atoms with van der Waals surface area (Å²) in [5, 5.41) is 2.87. The number of hydrogen-bond donors (Lipinski definition) is 1. The van der Waals surface area contributed by atoms with Crippen LogP contribution >= 0.6 is 0 Å². The van der Waals surface area contributed by atoms with E-state index in [-0.39, 0.29) is 28.9 Å². The molecule has 196 valence electrons. The fraction of sp³-hybridized carbons (Fsp3) is 0.423. The van der Waals surface area contributed by atoms with Gasteiger partial charge in [-0.1, -0.05) is 12.1 Å². The van der Waals surface area contributed by atoms with E-state index in [9.17, 15) is 18.0 Å². The molecule has 2 fully saturated rings. The molecule has 0 unspecified atom stereocenters. The quantitative estimate of drug-likeness (QED) is 0.548. The third-order valence-corrected chi connectivity index (χ3v) is 9.46. The zero-order valence-electron chi connectivity index (χ0n) is 20.8. The molecule has 2 aliphatic rings. The van der Waals surface area contributed by atoms with Crippen LogP contribution in [0.25, 0.3) is 5.65 Å². The van der Waals surface area contributed by atoms with Crippen molar-refractivity contribution in [2.45, 2.75) is 37.1 Å². The minimum Gasteiger partial charge on any atom is -0.453 e. The Bertz CT molecular complexity index is 1390. The number of methoxy groups -OCH3 is 1. The minimum absolute atomic E-state index is 0.0527. The summed E-state index contributed by atoms with van der Waals surface area (Å²) >= 11 is 0. The van der Waals surface area contributed by atoms with Crippen molar-refractivity contribution in [3.05, 3.63) is 66.1 Å². The molecule has 0 saturated carbocycles. The van der Waals surface area contributed by atoms with Gasteiger partial charge in [0, 0.05) is 51.3 Å². The van der Waals surface area contributed by atoms with E-state index in [0.29, 0.717) is 44.6 Å². The normalized spacial score (nSPS) is 18.1. The van der Waals surface area contributed by atoms with Crippen molar-refractivity contribution in [3.63, 3.8) is 0 Å². The van der Waals surface area contributed by atoms with Crippen molar-refractivity contribution in [1.29, 1.82) is 0 Å². The molecular weight excluding hydrogens is 494 g/mol. The van der Waals surface area contributed by atoms with Crippen LogP contribution in [-0.2, 0) is 21.3 Å². The third kappa shape index (κ3) is 5.19. The van der Waals surface area contributed by atoms with Gasteiger partial charge in [-0.3, -0.25) is 4.79 Å². The highest BCUT2D eigenvalue weighted by Gasteiger charge is 2.42. The highest BCUT2D eigenvalue weighted by Crippen LogP contribution is 2.41. The average Bonchev–Trinajstić information content (AvgIpc) is 3.40. The van der Waals surface area contributed by atoms with Crippen LogP contribution in [0, 0.1) is 5.41 Å². The van der Waals surface area contributed by atoms with Gasteiger partial charge in [0.2, 0.25) is 10.0 Å². The maximum Gasteiger partial charge on any atom is 0.409 e. The number of imidazole rings is 1. The van der Waals surface area contributed by atoms with Gasteiger partial charge in [0.25, 0.3) is 5.91 Å². The fourth-order valence-corrected chi connectivity index (χ4v) is 6.81. The predicted molar refractivity (Wildman–Crippen MR) is 136 cm³/mol. The summed E-state index contributed by atoms with van der Waals surface area (Å²) in [5.41, 5.74) is 2.03. The second-order valence-corrected chi connectivity index (χ2v) is 11.8. The molecule has 10 nitrogen and oxygen atoms in total. The van der Waals surface area contributed by atoms with Crippen molar-refractivity contribution in [2.75, 3.05) is 33.3 Å². The summed E-state index contributed by atoms with van der Waals surface area (Å²) in [6.45, 7) is 2.43. The van der Waals surface area contributed by atoms with Crippen molar-refractivity contribution in [2.24, 2.45) is 5.41 Å². The molecule has 0 aliphatic carbocycles. The molecule has 2 saturated heterocycles. The number of carbonyl (C=O) groups is 2. The summed E-state index contributed by atoms with van der Waals surface area (Å²) in [5.74, 6) is -0.219. The van der Waals surface area contributed by atoms with E-state index < -0.39 is 10.0 Å².